The summed E-state index contributed by atoms with van der Waals surface area (Å²) in [5.74, 6) is 0.232. The Morgan fingerprint density at radius 1 is 1.50 bits per heavy atom. The zero-order chi connectivity index (χ0) is 11.5. The molecular weight excluding hydrogens is 230 g/mol. The Balaban J connectivity index is 2.08. The van der Waals surface area contributed by atoms with Crippen LogP contribution < -0.4 is 0 Å². The molecule has 0 aromatic carbocycles. The highest BCUT2D eigenvalue weighted by atomic mass is 32.2. The van der Waals surface area contributed by atoms with Crippen LogP contribution in [0.4, 0.5) is 0 Å². The lowest BCUT2D eigenvalue weighted by Gasteiger charge is -2.06. The SMILES string of the molecule is O=C(O)CSc1nnc(CO)n1CC1CC1. The minimum Gasteiger partial charge on any atom is -0.481 e. The van der Waals surface area contributed by atoms with E-state index in [-0.39, 0.29) is 12.4 Å². The summed E-state index contributed by atoms with van der Waals surface area (Å²) in [6.07, 6.45) is 2.37. The Morgan fingerprint density at radius 3 is 2.81 bits per heavy atom. The van der Waals surface area contributed by atoms with Gasteiger partial charge in [-0.15, -0.1) is 10.2 Å². The van der Waals surface area contributed by atoms with E-state index in [1.54, 1.807) is 0 Å². The van der Waals surface area contributed by atoms with Crippen LogP contribution in [0.2, 0.25) is 0 Å². The van der Waals surface area contributed by atoms with Crippen molar-refractivity contribution < 1.29 is 15.0 Å². The summed E-state index contributed by atoms with van der Waals surface area (Å²) in [7, 11) is 0. The number of thioether (sulfide) groups is 1. The van der Waals surface area contributed by atoms with Gasteiger partial charge in [0.1, 0.15) is 6.61 Å². The summed E-state index contributed by atoms with van der Waals surface area (Å²) in [4.78, 5) is 10.5. The van der Waals surface area contributed by atoms with Crippen LogP contribution in [0.1, 0.15) is 18.7 Å². The van der Waals surface area contributed by atoms with E-state index >= 15 is 0 Å². The number of nitrogens with zero attached hydrogens (tertiary/aromatic N) is 3. The van der Waals surface area contributed by atoms with Crippen LogP contribution in [0.3, 0.4) is 0 Å². The topological polar surface area (TPSA) is 88.2 Å². The third kappa shape index (κ3) is 2.73. The number of aliphatic carboxylic acids is 1. The van der Waals surface area contributed by atoms with Crippen molar-refractivity contribution in [2.75, 3.05) is 5.75 Å². The molecule has 1 fully saturated rings. The van der Waals surface area contributed by atoms with Gasteiger partial charge in [-0.25, -0.2) is 0 Å². The van der Waals surface area contributed by atoms with Crippen molar-refractivity contribution >= 4 is 17.7 Å². The molecule has 1 aliphatic rings. The van der Waals surface area contributed by atoms with Crippen LogP contribution >= 0.6 is 11.8 Å². The van der Waals surface area contributed by atoms with Gasteiger partial charge in [0.05, 0.1) is 5.75 Å². The minimum absolute atomic E-state index is 0.0335. The molecule has 1 aromatic heterocycles. The van der Waals surface area contributed by atoms with Gasteiger partial charge in [-0.1, -0.05) is 11.8 Å². The lowest BCUT2D eigenvalue weighted by molar-refractivity contribution is -0.133. The summed E-state index contributed by atoms with van der Waals surface area (Å²) in [5, 5.41) is 26.0. The van der Waals surface area contributed by atoms with Crippen LogP contribution in [0, 0.1) is 5.92 Å². The molecule has 0 spiro atoms. The number of carbonyl (C=O) groups is 1. The first-order valence-electron chi connectivity index (χ1n) is 5.08. The Labute approximate surface area is 96.7 Å². The largest absolute Gasteiger partial charge is 0.481 e. The second-order valence-electron chi connectivity index (χ2n) is 3.79. The number of aliphatic hydroxyl groups is 1. The average Bonchev–Trinajstić information content (AvgIpc) is 2.96. The molecule has 2 rings (SSSR count). The third-order valence-electron chi connectivity index (χ3n) is 2.40. The zero-order valence-corrected chi connectivity index (χ0v) is 9.48. The number of aromatic nitrogens is 3. The Morgan fingerprint density at radius 2 is 2.25 bits per heavy atom. The Bertz CT molecular complexity index is 389. The van der Waals surface area contributed by atoms with E-state index in [4.69, 9.17) is 10.2 Å². The van der Waals surface area contributed by atoms with Crippen LogP contribution in [0.15, 0.2) is 5.16 Å². The maximum absolute atomic E-state index is 10.5. The number of carboxylic acid groups (broad SMARTS) is 1. The first-order chi connectivity index (χ1) is 7.70. The quantitative estimate of drug-likeness (QED) is 0.701. The average molecular weight is 243 g/mol. The molecule has 1 aromatic rings. The van der Waals surface area contributed by atoms with Crippen LogP contribution in [-0.4, -0.2) is 36.7 Å². The Kier molecular flexibility index (Phi) is 3.45. The number of rotatable bonds is 6. The lowest BCUT2D eigenvalue weighted by Crippen LogP contribution is -2.08. The van der Waals surface area contributed by atoms with Gasteiger partial charge in [0.25, 0.3) is 0 Å². The summed E-state index contributed by atoms with van der Waals surface area (Å²) >= 11 is 1.14. The summed E-state index contributed by atoms with van der Waals surface area (Å²) in [5.41, 5.74) is 0. The number of hydrogen-bond donors (Lipinski definition) is 2. The fourth-order valence-corrected chi connectivity index (χ4v) is 2.10. The third-order valence-corrected chi connectivity index (χ3v) is 3.35. The van der Waals surface area contributed by atoms with Crippen molar-refractivity contribution in [2.24, 2.45) is 5.92 Å². The van der Waals surface area contributed by atoms with Gasteiger partial charge in [0, 0.05) is 6.54 Å². The van der Waals surface area contributed by atoms with E-state index in [0.717, 1.165) is 18.3 Å². The van der Waals surface area contributed by atoms with Crippen molar-refractivity contribution in [3.8, 4) is 0 Å². The molecule has 88 valence electrons. The normalized spacial score (nSPS) is 15.3. The molecule has 7 heteroatoms. The van der Waals surface area contributed by atoms with Gasteiger partial charge < -0.3 is 14.8 Å². The Hall–Kier alpha value is -1.08. The van der Waals surface area contributed by atoms with Crippen molar-refractivity contribution in [1.29, 1.82) is 0 Å². The van der Waals surface area contributed by atoms with Gasteiger partial charge in [0.2, 0.25) is 0 Å². The van der Waals surface area contributed by atoms with Crippen molar-refractivity contribution in [1.82, 2.24) is 14.8 Å². The smallest absolute Gasteiger partial charge is 0.313 e. The molecule has 1 heterocycles. The monoisotopic (exact) mass is 243 g/mol. The second-order valence-corrected chi connectivity index (χ2v) is 4.74. The van der Waals surface area contributed by atoms with Crippen LogP contribution in [-0.2, 0) is 17.9 Å². The highest BCUT2D eigenvalue weighted by molar-refractivity contribution is 7.99. The summed E-state index contributed by atoms with van der Waals surface area (Å²) < 4.78 is 1.82. The minimum atomic E-state index is -0.878. The number of carboxylic acids is 1. The molecule has 0 bridgehead atoms. The highest BCUT2D eigenvalue weighted by Gasteiger charge is 2.25. The molecule has 1 aliphatic carbocycles. The fraction of sp³-hybridized carbons (Fsp3) is 0.667. The van der Waals surface area contributed by atoms with E-state index < -0.39 is 5.97 Å². The van der Waals surface area contributed by atoms with Gasteiger partial charge in [-0.2, -0.15) is 0 Å². The predicted octanol–water partition coefficient (Wildman–Crippen LogP) is 0.357. The van der Waals surface area contributed by atoms with Gasteiger partial charge >= 0.3 is 5.97 Å². The molecule has 1 saturated carbocycles. The maximum Gasteiger partial charge on any atom is 0.313 e. The fourth-order valence-electron chi connectivity index (χ4n) is 1.41. The maximum atomic E-state index is 10.5. The highest BCUT2D eigenvalue weighted by Crippen LogP contribution is 2.32. The standard InChI is InChI=1S/C9H13N3O3S/c13-4-7-10-11-9(16-5-8(14)15)12(7)3-6-1-2-6/h6,13H,1-5H2,(H,14,15). The molecule has 16 heavy (non-hydrogen) atoms. The molecule has 0 aliphatic heterocycles. The molecule has 0 saturated heterocycles. The predicted molar refractivity (Wildman–Crippen MR) is 57.0 cm³/mol. The van der Waals surface area contributed by atoms with Gasteiger partial charge in [-0.3, -0.25) is 4.79 Å². The lowest BCUT2D eigenvalue weighted by atomic mass is 10.4. The van der Waals surface area contributed by atoms with Crippen molar-refractivity contribution in [3.63, 3.8) is 0 Å². The van der Waals surface area contributed by atoms with Gasteiger partial charge in [-0.05, 0) is 18.8 Å². The van der Waals surface area contributed by atoms with Gasteiger partial charge in [0.15, 0.2) is 11.0 Å². The zero-order valence-electron chi connectivity index (χ0n) is 8.67. The molecule has 0 unspecified atom stereocenters. The molecule has 2 N–H and O–H groups in total. The van der Waals surface area contributed by atoms with Crippen molar-refractivity contribution in [2.45, 2.75) is 31.1 Å². The van der Waals surface area contributed by atoms with E-state index in [9.17, 15) is 4.79 Å². The molecule has 0 amide bonds. The summed E-state index contributed by atoms with van der Waals surface area (Å²) in [6.45, 7) is 0.623. The molecule has 6 nitrogen and oxygen atoms in total. The van der Waals surface area contributed by atoms with E-state index in [1.165, 1.54) is 12.8 Å². The van der Waals surface area contributed by atoms with E-state index in [0.29, 0.717) is 16.9 Å². The summed E-state index contributed by atoms with van der Waals surface area (Å²) in [6, 6.07) is 0. The number of aliphatic hydroxyl groups excluding tert-OH is 1. The van der Waals surface area contributed by atoms with Crippen molar-refractivity contribution in [3.05, 3.63) is 5.82 Å². The molecular formula is C9H13N3O3S. The van der Waals surface area contributed by atoms with E-state index in [2.05, 4.69) is 10.2 Å². The second kappa shape index (κ2) is 4.84. The first kappa shape index (κ1) is 11.4. The van der Waals surface area contributed by atoms with Crippen LogP contribution in [0.25, 0.3) is 0 Å². The molecule has 0 radical (unpaired) electrons. The van der Waals surface area contributed by atoms with E-state index in [1.807, 2.05) is 4.57 Å². The van der Waals surface area contributed by atoms with Crippen LogP contribution in [0.5, 0.6) is 0 Å². The number of hydrogen-bond acceptors (Lipinski definition) is 5. The first-order valence-corrected chi connectivity index (χ1v) is 6.06. The molecule has 0 atom stereocenters.